The standard InChI is InChI=1S/C19H32FN3O5/c1-12(2)8-14(22-18(27)28-19(3,4)5)15(24)11-23(16(25)9-20)10-13-6-7-21-17(13)26/h12-14H,6-11H2,1-5H3,(H,21,26)(H,22,27)/t13-,14-/m0/s1. The molecule has 9 heteroatoms. The van der Waals surface area contributed by atoms with Crippen LogP contribution in [0.1, 0.15) is 47.5 Å². The lowest BCUT2D eigenvalue weighted by atomic mass is 9.99. The zero-order valence-electron chi connectivity index (χ0n) is 17.3. The summed E-state index contributed by atoms with van der Waals surface area (Å²) in [6, 6.07) is -0.873. The average molecular weight is 401 g/mol. The lowest BCUT2D eigenvalue weighted by molar-refractivity contribution is -0.138. The molecule has 0 aromatic rings. The third-order valence-corrected chi connectivity index (χ3v) is 4.20. The highest BCUT2D eigenvalue weighted by Gasteiger charge is 2.32. The molecule has 8 nitrogen and oxygen atoms in total. The minimum Gasteiger partial charge on any atom is -0.444 e. The Morgan fingerprint density at radius 3 is 2.43 bits per heavy atom. The third kappa shape index (κ3) is 8.22. The molecule has 0 saturated carbocycles. The summed E-state index contributed by atoms with van der Waals surface area (Å²) in [4.78, 5) is 49.6. The Hall–Kier alpha value is -2.19. The number of nitrogens with one attached hydrogen (secondary N) is 2. The van der Waals surface area contributed by atoms with E-state index >= 15 is 0 Å². The minimum absolute atomic E-state index is 0.0266. The molecule has 1 heterocycles. The number of alkyl carbamates (subject to hydrolysis) is 1. The number of rotatable bonds is 9. The molecule has 0 aromatic heterocycles. The van der Waals surface area contributed by atoms with Gasteiger partial charge in [-0.15, -0.1) is 0 Å². The van der Waals surface area contributed by atoms with Crippen molar-refractivity contribution in [3.8, 4) is 0 Å². The van der Waals surface area contributed by atoms with Gasteiger partial charge in [-0.25, -0.2) is 9.18 Å². The molecule has 3 amide bonds. The Bertz CT molecular complexity index is 589. The highest BCUT2D eigenvalue weighted by atomic mass is 19.1. The number of halogens is 1. The first-order valence-corrected chi connectivity index (χ1v) is 9.56. The first-order chi connectivity index (χ1) is 12.9. The lowest BCUT2D eigenvalue weighted by Gasteiger charge is -2.27. The van der Waals surface area contributed by atoms with Crippen molar-refractivity contribution in [1.82, 2.24) is 15.5 Å². The van der Waals surface area contributed by atoms with E-state index in [1.807, 2.05) is 13.8 Å². The molecule has 1 fully saturated rings. The van der Waals surface area contributed by atoms with Crippen LogP contribution in [0.15, 0.2) is 0 Å². The van der Waals surface area contributed by atoms with Crippen molar-refractivity contribution in [3.05, 3.63) is 0 Å². The highest BCUT2D eigenvalue weighted by Crippen LogP contribution is 2.14. The summed E-state index contributed by atoms with van der Waals surface area (Å²) < 4.78 is 18.2. The molecule has 2 atom stereocenters. The molecule has 0 aliphatic carbocycles. The molecule has 0 unspecified atom stereocenters. The van der Waals surface area contributed by atoms with Gasteiger partial charge in [-0.1, -0.05) is 13.8 Å². The summed E-state index contributed by atoms with van der Waals surface area (Å²) >= 11 is 0. The summed E-state index contributed by atoms with van der Waals surface area (Å²) in [7, 11) is 0. The maximum absolute atomic E-state index is 13.0. The van der Waals surface area contributed by atoms with Gasteiger partial charge in [0.05, 0.1) is 18.5 Å². The van der Waals surface area contributed by atoms with Crippen LogP contribution in [0.2, 0.25) is 0 Å². The zero-order chi connectivity index (χ0) is 21.5. The smallest absolute Gasteiger partial charge is 0.408 e. The monoisotopic (exact) mass is 401 g/mol. The van der Waals surface area contributed by atoms with Crippen LogP contribution in [0.4, 0.5) is 9.18 Å². The molecule has 0 radical (unpaired) electrons. The largest absolute Gasteiger partial charge is 0.444 e. The quantitative estimate of drug-likeness (QED) is 0.608. The van der Waals surface area contributed by atoms with Crippen molar-refractivity contribution in [2.75, 3.05) is 26.3 Å². The number of ether oxygens (including phenoxy) is 1. The van der Waals surface area contributed by atoms with Gasteiger partial charge in [0, 0.05) is 13.1 Å². The number of carbonyl (C=O) groups is 4. The second kappa shape index (κ2) is 10.4. The van der Waals surface area contributed by atoms with Gasteiger partial charge in [0.1, 0.15) is 5.60 Å². The van der Waals surface area contributed by atoms with E-state index in [4.69, 9.17) is 4.74 Å². The minimum atomic E-state index is -1.25. The van der Waals surface area contributed by atoms with Gasteiger partial charge in [0.25, 0.3) is 5.91 Å². The number of hydrogen-bond donors (Lipinski definition) is 2. The van der Waals surface area contributed by atoms with E-state index < -0.39 is 42.0 Å². The van der Waals surface area contributed by atoms with Gasteiger partial charge in [-0.3, -0.25) is 14.4 Å². The van der Waals surface area contributed by atoms with E-state index in [2.05, 4.69) is 10.6 Å². The second-order valence-corrected chi connectivity index (χ2v) is 8.48. The van der Waals surface area contributed by atoms with Crippen LogP contribution in [0, 0.1) is 11.8 Å². The van der Waals surface area contributed by atoms with E-state index in [0.29, 0.717) is 19.4 Å². The molecule has 0 aromatic carbocycles. The molecule has 0 bridgehead atoms. The van der Waals surface area contributed by atoms with Crippen molar-refractivity contribution in [2.45, 2.75) is 59.1 Å². The molecule has 1 aliphatic heterocycles. The fourth-order valence-electron chi connectivity index (χ4n) is 2.91. The van der Waals surface area contributed by atoms with Gasteiger partial charge >= 0.3 is 6.09 Å². The van der Waals surface area contributed by atoms with Crippen molar-refractivity contribution in [3.63, 3.8) is 0 Å². The van der Waals surface area contributed by atoms with Gasteiger partial charge in [0.15, 0.2) is 12.5 Å². The van der Waals surface area contributed by atoms with Crippen LogP contribution in [0.3, 0.4) is 0 Å². The van der Waals surface area contributed by atoms with Gasteiger partial charge in [0.2, 0.25) is 5.91 Å². The SMILES string of the molecule is CC(C)C[C@H](NC(=O)OC(C)(C)C)C(=O)CN(C[C@@H]1CCNC1=O)C(=O)CF. The zero-order valence-corrected chi connectivity index (χ0v) is 17.3. The summed E-state index contributed by atoms with van der Waals surface area (Å²) in [6.45, 7) is 7.75. The van der Waals surface area contributed by atoms with Crippen molar-refractivity contribution >= 4 is 23.7 Å². The number of carbonyl (C=O) groups excluding carboxylic acids is 4. The number of amides is 3. The maximum Gasteiger partial charge on any atom is 0.408 e. The molecule has 2 N–H and O–H groups in total. The van der Waals surface area contributed by atoms with Gasteiger partial charge < -0.3 is 20.3 Å². The van der Waals surface area contributed by atoms with Crippen LogP contribution in [-0.4, -0.2) is 66.5 Å². The molecule has 1 saturated heterocycles. The maximum atomic E-state index is 13.0. The molecule has 160 valence electrons. The summed E-state index contributed by atoms with van der Waals surface area (Å²) in [5.41, 5.74) is -0.721. The van der Waals surface area contributed by atoms with E-state index in [0.717, 1.165) is 4.90 Å². The number of alkyl halides is 1. The third-order valence-electron chi connectivity index (χ3n) is 4.20. The topological polar surface area (TPSA) is 105 Å². The van der Waals surface area contributed by atoms with Crippen LogP contribution in [-0.2, 0) is 19.1 Å². The summed E-state index contributed by atoms with van der Waals surface area (Å²) in [5, 5.41) is 5.20. The molecule has 0 spiro atoms. The normalized spacial score (nSPS) is 17.8. The van der Waals surface area contributed by atoms with Crippen LogP contribution >= 0.6 is 0 Å². The van der Waals surface area contributed by atoms with Crippen LogP contribution < -0.4 is 10.6 Å². The number of hydrogen-bond acceptors (Lipinski definition) is 5. The van der Waals surface area contributed by atoms with Crippen LogP contribution in [0.25, 0.3) is 0 Å². The Labute approximate surface area is 165 Å². The average Bonchev–Trinajstić information content (AvgIpc) is 2.95. The predicted molar refractivity (Wildman–Crippen MR) is 101 cm³/mol. The van der Waals surface area contributed by atoms with Crippen molar-refractivity contribution in [1.29, 1.82) is 0 Å². The second-order valence-electron chi connectivity index (χ2n) is 8.48. The highest BCUT2D eigenvalue weighted by molar-refractivity contribution is 5.92. The fraction of sp³-hybridized carbons (Fsp3) is 0.789. The molecular formula is C19H32FN3O5. The van der Waals surface area contributed by atoms with Gasteiger partial charge in [-0.05, 0) is 39.5 Å². The number of ketones is 1. The van der Waals surface area contributed by atoms with Gasteiger partial charge in [-0.2, -0.15) is 0 Å². The van der Waals surface area contributed by atoms with Crippen LogP contribution in [0.5, 0.6) is 0 Å². The Kier molecular flexibility index (Phi) is 8.84. The van der Waals surface area contributed by atoms with Crippen molar-refractivity contribution in [2.24, 2.45) is 11.8 Å². The van der Waals surface area contributed by atoms with E-state index in [1.165, 1.54) is 0 Å². The number of Topliss-reactive ketones (excluding diaryl/α,β-unsaturated/α-hetero) is 1. The Morgan fingerprint density at radius 1 is 1.32 bits per heavy atom. The first kappa shape index (κ1) is 23.8. The first-order valence-electron chi connectivity index (χ1n) is 9.56. The van der Waals surface area contributed by atoms with E-state index in [9.17, 15) is 23.6 Å². The van der Waals surface area contributed by atoms with Crippen molar-refractivity contribution < 1.29 is 28.3 Å². The lowest BCUT2D eigenvalue weighted by Crippen LogP contribution is -2.49. The molecule has 1 rings (SSSR count). The Balaban J connectivity index is 2.83. The predicted octanol–water partition coefficient (Wildman–Crippen LogP) is 1.43. The Morgan fingerprint density at radius 2 is 1.96 bits per heavy atom. The summed E-state index contributed by atoms with van der Waals surface area (Å²) in [5.74, 6) is -1.87. The fourth-order valence-corrected chi connectivity index (χ4v) is 2.91. The molecular weight excluding hydrogens is 369 g/mol. The number of nitrogens with zero attached hydrogens (tertiary/aromatic N) is 1. The molecule has 28 heavy (non-hydrogen) atoms. The van der Waals surface area contributed by atoms with E-state index in [1.54, 1.807) is 20.8 Å². The van der Waals surface area contributed by atoms with E-state index in [-0.39, 0.29) is 24.9 Å². The molecule has 1 aliphatic rings. The summed E-state index contributed by atoms with van der Waals surface area (Å²) in [6.07, 6.45) is 0.138.